The second kappa shape index (κ2) is 11.4. The van der Waals surface area contributed by atoms with Gasteiger partial charge in [0.05, 0.1) is 16.7 Å². The van der Waals surface area contributed by atoms with Crippen LogP contribution < -0.4 is 16.6 Å². The largest absolute Gasteiger partial charge is 0.370 e. The SMILES string of the molecule is NC(=O)CCCCCn1c(SCC(=O)Nc2cc(Cl)cc(Cl)c2)nc2ccccc2c1=O. The normalized spacial score (nSPS) is 10.9. The molecule has 2 amide bonds. The van der Waals surface area contributed by atoms with Crippen molar-refractivity contribution in [2.24, 2.45) is 5.73 Å². The zero-order chi connectivity index (χ0) is 23.1. The first-order chi connectivity index (χ1) is 15.3. The number of thioether (sulfide) groups is 1. The molecule has 0 saturated carbocycles. The summed E-state index contributed by atoms with van der Waals surface area (Å²) in [6.45, 7) is 0.434. The second-order valence-electron chi connectivity index (χ2n) is 7.14. The van der Waals surface area contributed by atoms with Crippen molar-refractivity contribution in [3.8, 4) is 0 Å². The first-order valence-corrected chi connectivity index (χ1v) is 11.7. The third kappa shape index (κ3) is 6.72. The van der Waals surface area contributed by atoms with Gasteiger partial charge in [0.25, 0.3) is 5.56 Å². The van der Waals surface area contributed by atoms with Crippen molar-refractivity contribution in [2.75, 3.05) is 11.1 Å². The van der Waals surface area contributed by atoms with Crippen LogP contribution in [0.4, 0.5) is 5.69 Å². The molecule has 2 aromatic carbocycles. The van der Waals surface area contributed by atoms with E-state index in [1.165, 1.54) is 11.8 Å². The lowest BCUT2D eigenvalue weighted by molar-refractivity contribution is -0.118. The van der Waals surface area contributed by atoms with E-state index in [2.05, 4.69) is 10.3 Å². The summed E-state index contributed by atoms with van der Waals surface area (Å²) in [5, 5.41) is 4.57. The third-order valence-electron chi connectivity index (χ3n) is 4.61. The quantitative estimate of drug-likeness (QED) is 0.246. The number of fused-ring (bicyclic) bond motifs is 1. The first-order valence-electron chi connectivity index (χ1n) is 10.00. The number of hydrogen-bond donors (Lipinski definition) is 2. The standard InChI is InChI=1S/C22H22Cl2N4O3S/c23-14-10-15(24)12-16(11-14)26-20(30)13-32-22-27-18-7-4-3-6-17(18)21(31)28(22)9-5-1-2-8-19(25)29/h3-4,6-7,10-12H,1-2,5,8-9,13H2,(H2,25,29)(H,26,30). The van der Waals surface area contributed by atoms with Gasteiger partial charge in [-0.3, -0.25) is 19.0 Å². The van der Waals surface area contributed by atoms with E-state index in [1.54, 1.807) is 41.0 Å². The van der Waals surface area contributed by atoms with Gasteiger partial charge < -0.3 is 11.1 Å². The number of amides is 2. The van der Waals surface area contributed by atoms with Gasteiger partial charge >= 0.3 is 0 Å². The number of carbonyl (C=O) groups excluding carboxylic acids is 2. The van der Waals surface area contributed by atoms with E-state index < -0.39 is 0 Å². The van der Waals surface area contributed by atoms with Crippen LogP contribution in [-0.4, -0.2) is 27.1 Å². The molecule has 3 N–H and O–H groups in total. The molecule has 0 aliphatic heterocycles. The molecule has 0 unspecified atom stereocenters. The highest BCUT2D eigenvalue weighted by atomic mass is 35.5. The Balaban J connectivity index is 1.74. The molecule has 0 atom stereocenters. The Bertz CT molecular complexity index is 1180. The Kier molecular flexibility index (Phi) is 8.55. The molecule has 3 rings (SSSR count). The van der Waals surface area contributed by atoms with E-state index in [9.17, 15) is 14.4 Å². The van der Waals surface area contributed by atoms with Crippen molar-refractivity contribution in [3.63, 3.8) is 0 Å². The molecule has 0 aliphatic rings. The summed E-state index contributed by atoms with van der Waals surface area (Å²) in [5.74, 6) is -0.558. The summed E-state index contributed by atoms with van der Waals surface area (Å²) in [4.78, 5) is 41.0. The van der Waals surface area contributed by atoms with Gasteiger partial charge in [-0.25, -0.2) is 4.98 Å². The Morgan fingerprint density at radius 3 is 2.50 bits per heavy atom. The summed E-state index contributed by atoms with van der Waals surface area (Å²) in [6, 6.07) is 11.9. The molecule has 3 aromatic rings. The molecule has 0 fully saturated rings. The number of nitrogens with two attached hydrogens (primary N) is 1. The van der Waals surface area contributed by atoms with Crippen molar-refractivity contribution < 1.29 is 9.59 Å². The number of nitrogens with one attached hydrogen (secondary N) is 1. The van der Waals surface area contributed by atoms with E-state index in [0.717, 1.165) is 6.42 Å². The minimum Gasteiger partial charge on any atom is -0.370 e. The molecule has 0 aliphatic carbocycles. The van der Waals surface area contributed by atoms with Gasteiger partial charge in [-0.05, 0) is 43.2 Å². The predicted molar refractivity (Wildman–Crippen MR) is 129 cm³/mol. The number of hydrogen-bond acceptors (Lipinski definition) is 5. The van der Waals surface area contributed by atoms with Crippen molar-refractivity contribution in [3.05, 3.63) is 62.9 Å². The van der Waals surface area contributed by atoms with E-state index in [4.69, 9.17) is 28.9 Å². The number of anilines is 1. The number of unbranched alkanes of at least 4 members (excludes halogenated alkanes) is 2. The Morgan fingerprint density at radius 1 is 1.06 bits per heavy atom. The van der Waals surface area contributed by atoms with Gasteiger partial charge in [0, 0.05) is 28.7 Å². The average Bonchev–Trinajstić information content (AvgIpc) is 2.72. The third-order valence-corrected chi connectivity index (χ3v) is 6.02. The minimum absolute atomic E-state index is 0.0522. The van der Waals surface area contributed by atoms with E-state index in [0.29, 0.717) is 57.6 Å². The molecule has 0 bridgehead atoms. The van der Waals surface area contributed by atoms with Gasteiger partial charge in [0.1, 0.15) is 0 Å². The van der Waals surface area contributed by atoms with Crippen LogP contribution in [0.3, 0.4) is 0 Å². The maximum atomic E-state index is 13.0. The van der Waals surface area contributed by atoms with Gasteiger partial charge in [0.2, 0.25) is 11.8 Å². The molecule has 1 aromatic heterocycles. The minimum atomic E-state index is -0.335. The monoisotopic (exact) mass is 492 g/mol. The van der Waals surface area contributed by atoms with Gasteiger partial charge in [-0.1, -0.05) is 53.5 Å². The fourth-order valence-electron chi connectivity index (χ4n) is 3.15. The maximum absolute atomic E-state index is 13.0. The number of nitrogens with zero attached hydrogens (tertiary/aromatic N) is 2. The van der Waals surface area contributed by atoms with Crippen molar-refractivity contribution in [1.82, 2.24) is 9.55 Å². The second-order valence-corrected chi connectivity index (χ2v) is 8.96. The van der Waals surface area contributed by atoms with Crippen LogP contribution >= 0.6 is 35.0 Å². The van der Waals surface area contributed by atoms with E-state index in [1.807, 2.05) is 6.07 Å². The highest BCUT2D eigenvalue weighted by Gasteiger charge is 2.14. The van der Waals surface area contributed by atoms with Gasteiger partial charge in [0.15, 0.2) is 5.16 Å². The Labute approximate surface area is 199 Å². The van der Waals surface area contributed by atoms with E-state index in [-0.39, 0.29) is 23.1 Å². The predicted octanol–water partition coefficient (Wildman–Crippen LogP) is 4.48. The zero-order valence-corrected chi connectivity index (χ0v) is 19.5. The van der Waals surface area contributed by atoms with Crippen LogP contribution in [0.2, 0.25) is 10.0 Å². The number of para-hydroxylation sites is 1. The summed E-state index contributed by atoms with van der Waals surface area (Å²) in [7, 11) is 0. The van der Waals surface area contributed by atoms with Crippen LogP contribution in [0.1, 0.15) is 25.7 Å². The van der Waals surface area contributed by atoms with Gasteiger partial charge in [-0.2, -0.15) is 0 Å². The fourth-order valence-corrected chi connectivity index (χ4v) is 4.51. The van der Waals surface area contributed by atoms with Gasteiger partial charge in [-0.15, -0.1) is 0 Å². The van der Waals surface area contributed by atoms with Crippen LogP contribution in [-0.2, 0) is 16.1 Å². The number of primary amides is 1. The maximum Gasteiger partial charge on any atom is 0.262 e. The molecular weight excluding hydrogens is 471 g/mol. The summed E-state index contributed by atoms with van der Waals surface area (Å²) in [6.07, 6.45) is 2.43. The number of halogens is 2. The molecule has 7 nitrogen and oxygen atoms in total. The van der Waals surface area contributed by atoms with Crippen LogP contribution in [0.15, 0.2) is 52.4 Å². The first kappa shape index (κ1) is 24.1. The van der Waals surface area contributed by atoms with Crippen LogP contribution in [0, 0.1) is 0 Å². The zero-order valence-electron chi connectivity index (χ0n) is 17.1. The lowest BCUT2D eigenvalue weighted by Gasteiger charge is -2.13. The molecule has 0 radical (unpaired) electrons. The number of benzene rings is 2. The van der Waals surface area contributed by atoms with Crippen LogP contribution in [0.5, 0.6) is 0 Å². The Morgan fingerprint density at radius 2 is 1.78 bits per heavy atom. The summed E-state index contributed by atoms with van der Waals surface area (Å²) < 4.78 is 1.58. The average molecular weight is 493 g/mol. The Hall–Kier alpha value is -2.55. The highest BCUT2D eigenvalue weighted by Crippen LogP contribution is 2.23. The molecular formula is C22H22Cl2N4O3S. The van der Waals surface area contributed by atoms with Crippen molar-refractivity contribution in [1.29, 1.82) is 0 Å². The number of aromatic nitrogens is 2. The summed E-state index contributed by atoms with van der Waals surface area (Å²) in [5.41, 5.74) is 6.09. The number of rotatable bonds is 10. The smallest absolute Gasteiger partial charge is 0.262 e. The summed E-state index contributed by atoms with van der Waals surface area (Å²) >= 11 is 13.1. The molecule has 1 heterocycles. The molecule has 32 heavy (non-hydrogen) atoms. The van der Waals surface area contributed by atoms with Crippen molar-refractivity contribution in [2.45, 2.75) is 37.4 Å². The number of carbonyl (C=O) groups is 2. The lowest BCUT2D eigenvalue weighted by atomic mass is 10.2. The van der Waals surface area contributed by atoms with Crippen molar-refractivity contribution >= 4 is 63.4 Å². The fraction of sp³-hybridized carbons (Fsp3) is 0.273. The van der Waals surface area contributed by atoms with E-state index >= 15 is 0 Å². The highest BCUT2D eigenvalue weighted by molar-refractivity contribution is 7.99. The molecule has 10 heteroatoms. The molecule has 0 saturated heterocycles. The topological polar surface area (TPSA) is 107 Å². The van der Waals surface area contributed by atoms with Crippen LogP contribution in [0.25, 0.3) is 10.9 Å². The molecule has 168 valence electrons. The lowest BCUT2D eigenvalue weighted by Crippen LogP contribution is -2.24. The molecule has 0 spiro atoms.